The number of carbonyl (C=O) groups excluding carboxylic acids is 3. The van der Waals surface area contributed by atoms with Gasteiger partial charge in [0.15, 0.2) is 6.10 Å². The second-order valence-electron chi connectivity index (χ2n) is 21.6. The number of hydrogen-bond donors (Lipinski definition) is 0. The fourth-order valence-electron chi connectivity index (χ4n) is 8.90. The Hall–Kier alpha value is -4.71. The van der Waals surface area contributed by atoms with E-state index in [2.05, 4.69) is 154 Å². The lowest BCUT2D eigenvalue weighted by atomic mass is 10.0. The van der Waals surface area contributed by atoms with E-state index in [1.54, 1.807) is 0 Å². The molecule has 0 spiro atoms. The number of allylic oxidation sites excluding steroid dienone is 24. The van der Waals surface area contributed by atoms with Crippen LogP contribution >= 0.6 is 0 Å². The van der Waals surface area contributed by atoms with E-state index in [1.165, 1.54) is 135 Å². The zero-order valence-electron chi connectivity index (χ0n) is 52.5. The molecule has 0 aromatic heterocycles. The van der Waals surface area contributed by atoms with Gasteiger partial charge in [-0.05, 0) is 128 Å². The first kappa shape index (κ1) is 76.3. The molecule has 0 rings (SSSR count). The van der Waals surface area contributed by atoms with Crippen LogP contribution in [0.2, 0.25) is 0 Å². The van der Waals surface area contributed by atoms with Gasteiger partial charge in [-0.15, -0.1) is 0 Å². The fraction of sp³-hybridized carbons (Fsp3) is 0.640. The highest BCUT2D eigenvalue weighted by Crippen LogP contribution is 2.16. The van der Waals surface area contributed by atoms with Crippen molar-refractivity contribution in [1.82, 2.24) is 0 Å². The summed E-state index contributed by atoms with van der Waals surface area (Å²) >= 11 is 0. The molecular weight excluding hydrogens is 997 g/mol. The Morgan fingerprint density at radius 3 is 0.852 bits per heavy atom. The second kappa shape index (κ2) is 67.8. The molecule has 0 saturated heterocycles. The summed E-state index contributed by atoms with van der Waals surface area (Å²) in [5.74, 6) is -1.05. The SMILES string of the molecule is CC/C=C\C/C=C\C/C=C\C/C=C\C/C=C\C/C=C\CCCCC(=O)OC(COC(=O)CC/C=C\C/C=C\C/C=C\C/C=C\CC)COC(=O)CCCCCCCCCCCCCCCCCCC/C=C\C/C=C\CCCCCCC. The van der Waals surface area contributed by atoms with Crippen molar-refractivity contribution in [1.29, 1.82) is 0 Å². The van der Waals surface area contributed by atoms with Crippen LogP contribution in [0.3, 0.4) is 0 Å². The van der Waals surface area contributed by atoms with Gasteiger partial charge in [0.05, 0.1) is 0 Å². The van der Waals surface area contributed by atoms with Crippen LogP contribution in [0.5, 0.6) is 0 Å². The standard InChI is InChI=1S/C75H122O6/c1-4-7-10-13-16-19-22-25-27-29-31-33-34-35-36-37-38-39-40-42-43-45-47-50-53-56-59-62-65-68-74(77)80-71-72(70-79-73(76)67-64-61-58-55-52-49-24-21-18-15-12-9-6-3)81-75(78)69-66-63-60-57-54-51-48-46-44-41-32-30-28-26-23-20-17-14-11-8-5-2/h8-9,11-12,17-18,20-22,25-26,28-29,31-32,41,46,48-49,52,54,57-58,61,72H,4-7,10,13-16,19,23-24,27,30,33-40,42-45,47,50-51,53,55-56,59-60,62-71H2,1-3H3/b11-8-,12-9-,20-17-,21-18-,25-22-,28-26-,31-29-,41-32-,48-46-,52-49-,57-54-,61-58-. The largest absolute Gasteiger partial charge is 0.462 e. The predicted molar refractivity (Wildman–Crippen MR) is 352 cm³/mol. The molecule has 0 fully saturated rings. The molecule has 81 heavy (non-hydrogen) atoms. The quantitative estimate of drug-likeness (QED) is 0.0261. The van der Waals surface area contributed by atoms with Crippen molar-refractivity contribution in [3.8, 4) is 0 Å². The van der Waals surface area contributed by atoms with Gasteiger partial charge >= 0.3 is 17.9 Å². The molecule has 6 heteroatoms. The molecule has 0 aromatic rings. The van der Waals surface area contributed by atoms with Gasteiger partial charge in [0.1, 0.15) is 13.2 Å². The molecule has 0 aliphatic carbocycles. The molecule has 0 aliphatic rings. The Morgan fingerprint density at radius 2 is 0.506 bits per heavy atom. The maximum absolute atomic E-state index is 12.9. The fourth-order valence-corrected chi connectivity index (χ4v) is 8.90. The molecule has 0 radical (unpaired) electrons. The summed E-state index contributed by atoms with van der Waals surface area (Å²) < 4.78 is 16.8. The summed E-state index contributed by atoms with van der Waals surface area (Å²) in [7, 11) is 0. The summed E-state index contributed by atoms with van der Waals surface area (Å²) in [6, 6.07) is 0. The van der Waals surface area contributed by atoms with Gasteiger partial charge in [0, 0.05) is 19.3 Å². The highest BCUT2D eigenvalue weighted by Gasteiger charge is 2.19. The minimum atomic E-state index is -0.837. The second-order valence-corrected chi connectivity index (χ2v) is 21.6. The van der Waals surface area contributed by atoms with E-state index in [9.17, 15) is 14.4 Å². The van der Waals surface area contributed by atoms with Gasteiger partial charge in [0.2, 0.25) is 0 Å². The van der Waals surface area contributed by atoms with Crippen molar-refractivity contribution in [2.24, 2.45) is 0 Å². The third-order valence-electron chi connectivity index (χ3n) is 13.8. The molecule has 0 heterocycles. The van der Waals surface area contributed by atoms with Crippen molar-refractivity contribution < 1.29 is 28.6 Å². The van der Waals surface area contributed by atoms with Crippen molar-refractivity contribution in [3.05, 3.63) is 146 Å². The molecule has 1 unspecified atom stereocenters. The lowest BCUT2D eigenvalue weighted by Crippen LogP contribution is -2.30. The van der Waals surface area contributed by atoms with Crippen molar-refractivity contribution in [2.75, 3.05) is 13.2 Å². The van der Waals surface area contributed by atoms with Gasteiger partial charge in [-0.25, -0.2) is 0 Å². The Kier molecular flexibility index (Phi) is 63.9. The Bertz CT molecular complexity index is 1760. The summed E-state index contributed by atoms with van der Waals surface area (Å²) in [5, 5.41) is 0. The first-order valence-corrected chi connectivity index (χ1v) is 33.3. The van der Waals surface area contributed by atoms with Crippen LogP contribution in [-0.4, -0.2) is 37.2 Å². The third-order valence-corrected chi connectivity index (χ3v) is 13.8. The van der Waals surface area contributed by atoms with Crippen LogP contribution in [0, 0.1) is 0 Å². The number of unbranched alkanes of at least 4 members (excludes halogenated alkanes) is 24. The smallest absolute Gasteiger partial charge is 0.306 e. The van der Waals surface area contributed by atoms with Crippen molar-refractivity contribution in [2.45, 2.75) is 297 Å². The highest BCUT2D eigenvalue weighted by atomic mass is 16.6. The van der Waals surface area contributed by atoms with Gasteiger partial charge in [-0.1, -0.05) is 289 Å². The van der Waals surface area contributed by atoms with Crippen LogP contribution in [0.4, 0.5) is 0 Å². The maximum Gasteiger partial charge on any atom is 0.306 e. The zero-order valence-corrected chi connectivity index (χ0v) is 52.5. The average molecular weight is 1120 g/mol. The molecule has 0 amide bonds. The number of esters is 3. The Labute approximate surface area is 499 Å². The summed E-state index contributed by atoms with van der Waals surface area (Å²) in [6.07, 6.45) is 97.5. The van der Waals surface area contributed by atoms with E-state index in [-0.39, 0.29) is 44.0 Å². The maximum atomic E-state index is 12.9. The molecule has 0 aliphatic heterocycles. The first-order chi connectivity index (χ1) is 40.0. The summed E-state index contributed by atoms with van der Waals surface area (Å²) in [5.41, 5.74) is 0. The Balaban J connectivity index is 4.37. The minimum Gasteiger partial charge on any atom is -0.462 e. The van der Waals surface area contributed by atoms with Gasteiger partial charge < -0.3 is 14.2 Å². The summed E-state index contributed by atoms with van der Waals surface area (Å²) in [4.78, 5) is 38.3. The molecule has 0 saturated carbocycles. The van der Waals surface area contributed by atoms with Gasteiger partial charge in [0.25, 0.3) is 0 Å². The van der Waals surface area contributed by atoms with Crippen molar-refractivity contribution >= 4 is 17.9 Å². The highest BCUT2D eigenvalue weighted by molar-refractivity contribution is 5.71. The molecule has 6 nitrogen and oxygen atoms in total. The lowest BCUT2D eigenvalue weighted by molar-refractivity contribution is -0.166. The molecule has 0 aromatic carbocycles. The molecule has 0 N–H and O–H groups in total. The van der Waals surface area contributed by atoms with Gasteiger partial charge in [-0.2, -0.15) is 0 Å². The Morgan fingerprint density at radius 1 is 0.259 bits per heavy atom. The monoisotopic (exact) mass is 1120 g/mol. The van der Waals surface area contributed by atoms with Crippen LogP contribution in [0.15, 0.2) is 146 Å². The van der Waals surface area contributed by atoms with Gasteiger partial charge in [-0.3, -0.25) is 14.4 Å². The molecule has 458 valence electrons. The van der Waals surface area contributed by atoms with Crippen molar-refractivity contribution in [3.63, 3.8) is 0 Å². The predicted octanol–water partition coefficient (Wildman–Crippen LogP) is 23.1. The molecule has 0 bridgehead atoms. The van der Waals surface area contributed by atoms with E-state index in [0.29, 0.717) is 19.3 Å². The molecule has 1 atom stereocenters. The van der Waals surface area contributed by atoms with Crippen LogP contribution < -0.4 is 0 Å². The topological polar surface area (TPSA) is 78.9 Å². The minimum absolute atomic E-state index is 0.121. The third kappa shape index (κ3) is 66.0. The average Bonchev–Trinajstić information content (AvgIpc) is 3.46. The van der Waals surface area contributed by atoms with E-state index >= 15 is 0 Å². The van der Waals surface area contributed by atoms with E-state index in [0.717, 1.165) is 103 Å². The first-order valence-electron chi connectivity index (χ1n) is 33.3. The number of rotatable bonds is 59. The lowest BCUT2D eigenvalue weighted by Gasteiger charge is -2.18. The van der Waals surface area contributed by atoms with E-state index in [1.807, 2.05) is 12.2 Å². The van der Waals surface area contributed by atoms with Crippen LogP contribution in [-0.2, 0) is 28.6 Å². The zero-order chi connectivity index (χ0) is 58.5. The summed E-state index contributed by atoms with van der Waals surface area (Å²) in [6.45, 7) is 6.31. The normalized spacial score (nSPS) is 13.1. The number of carbonyl (C=O) groups is 3. The number of ether oxygens (including phenoxy) is 3. The van der Waals surface area contributed by atoms with E-state index < -0.39 is 6.10 Å². The van der Waals surface area contributed by atoms with Crippen LogP contribution in [0.1, 0.15) is 290 Å². The number of hydrogen-bond acceptors (Lipinski definition) is 6. The van der Waals surface area contributed by atoms with Crippen LogP contribution in [0.25, 0.3) is 0 Å². The molecular formula is C75H122O6. The van der Waals surface area contributed by atoms with E-state index in [4.69, 9.17) is 14.2 Å².